The molecule has 2 heteroatoms. The molecule has 84 valence electrons. The minimum Gasteiger partial charge on any atom is -0.310 e. The van der Waals surface area contributed by atoms with Gasteiger partial charge in [-0.15, -0.1) is 0 Å². The van der Waals surface area contributed by atoms with Crippen molar-refractivity contribution in [2.24, 2.45) is 5.92 Å². The van der Waals surface area contributed by atoms with E-state index in [2.05, 4.69) is 44.8 Å². The zero-order chi connectivity index (χ0) is 10.8. The molecule has 1 N–H and O–H groups in total. The number of nitrogens with zero attached hydrogens (tertiary/aromatic N) is 1. The van der Waals surface area contributed by atoms with E-state index in [1.807, 2.05) is 0 Å². The van der Waals surface area contributed by atoms with Gasteiger partial charge in [0.25, 0.3) is 0 Å². The summed E-state index contributed by atoms with van der Waals surface area (Å²) in [6.07, 6.45) is 1.29. The molecule has 0 saturated carbocycles. The molecule has 1 unspecified atom stereocenters. The predicted octanol–water partition coefficient (Wildman–Crippen LogP) is 2.10. The Balaban J connectivity index is 2.46. The topological polar surface area (TPSA) is 15.3 Å². The maximum Gasteiger partial charge on any atom is 0.0238 e. The SMILES string of the molecule is CCN(CC(C)C)C1CNC(C)(C)C1. The van der Waals surface area contributed by atoms with Crippen molar-refractivity contribution in [3.05, 3.63) is 0 Å². The van der Waals surface area contributed by atoms with Crippen molar-refractivity contribution >= 4 is 0 Å². The van der Waals surface area contributed by atoms with E-state index in [1.165, 1.54) is 19.5 Å². The van der Waals surface area contributed by atoms with E-state index in [-0.39, 0.29) is 0 Å². The average Bonchev–Trinajstić information content (AvgIpc) is 2.41. The van der Waals surface area contributed by atoms with E-state index in [0.29, 0.717) is 5.54 Å². The molecule has 0 aromatic rings. The van der Waals surface area contributed by atoms with E-state index in [0.717, 1.165) is 18.5 Å². The highest BCUT2D eigenvalue weighted by atomic mass is 15.2. The van der Waals surface area contributed by atoms with Crippen LogP contribution in [-0.4, -0.2) is 36.1 Å². The van der Waals surface area contributed by atoms with Crippen LogP contribution < -0.4 is 5.32 Å². The Bertz CT molecular complexity index is 175. The molecule has 2 nitrogen and oxygen atoms in total. The molecule has 1 atom stereocenters. The molecule has 1 heterocycles. The fourth-order valence-corrected chi connectivity index (χ4v) is 2.39. The van der Waals surface area contributed by atoms with Crippen LogP contribution in [0.15, 0.2) is 0 Å². The highest BCUT2D eigenvalue weighted by Gasteiger charge is 2.33. The normalized spacial score (nSPS) is 26.4. The Morgan fingerprint density at radius 1 is 1.43 bits per heavy atom. The van der Waals surface area contributed by atoms with Gasteiger partial charge in [0.1, 0.15) is 0 Å². The van der Waals surface area contributed by atoms with Crippen molar-refractivity contribution < 1.29 is 0 Å². The van der Waals surface area contributed by atoms with Gasteiger partial charge in [0, 0.05) is 24.7 Å². The lowest BCUT2D eigenvalue weighted by molar-refractivity contribution is 0.190. The third-order valence-electron chi connectivity index (χ3n) is 3.08. The van der Waals surface area contributed by atoms with Crippen LogP contribution in [0.5, 0.6) is 0 Å². The Kier molecular flexibility index (Phi) is 3.96. The summed E-state index contributed by atoms with van der Waals surface area (Å²) in [6.45, 7) is 15.1. The monoisotopic (exact) mass is 198 g/mol. The first kappa shape index (κ1) is 12.0. The van der Waals surface area contributed by atoms with Gasteiger partial charge in [-0.2, -0.15) is 0 Å². The van der Waals surface area contributed by atoms with Crippen LogP contribution in [0.1, 0.15) is 41.0 Å². The van der Waals surface area contributed by atoms with Gasteiger partial charge in [-0.3, -0.25) is 4.90 Å². The first-order chi connectivity index (χ1) is 6.44. The fourth-order valence-electron chi connectivity index (χ4n) is 2.39. The minimum atomic E-state index is 0.342. The van der Waals surface area contributed by atoms with Crippen molar-refractivity contribution in [3.63, 3.8) is 0 Å². The molecule has 1 saturated heterocycles. The van der Waals surface area contributed by atoms with Gasteiger partial charge < -0.3 is 5.32 Å². The van der Waals surface area contributed by atoms with Crippen LogP contribution in [0.4, 0.5) is 0 Å². The molecule has 0 aromatic carbocycles. The van der Waals surface area contributed by atoms with Crippen molar-refractivity contribution in [1.82, 2.24) is 10.2 Å². The maximum absolute atomic E-state index is 3.59. The first-order valence-corrected chi connectivity index (χ1v) is 5.93. The Morgan fingerprint density at radius 2 is 2.07 bits per heavy atom. The van der Waals surface area contributed by atoms with Crippen molar-refractivity contribution in [2.75, 3.05) is 19.6 Å². The molecule has 0 spiro atoms. The van der Waals surface area contributed by atoms with Crippen LogP contribution in [0.3, 0.4) is 0 Å². The average molecular weight is 198 g/mol. The van der Waals surface area contributed by atoms with Gasteiger partial charge in [-0.1, -0.05) is 20.8 Å². The van der Waals surface area contributed by atoms with Crippen molar-refractivity contribution in [1.29, 1.82) is 0 Å². The zero-order valence-electron chi connectivity index (χ0n) is 10.4. The summed E-state index contributed by atoms with van der Waals surface area (Å²) in [5.41, 5.74) is 0.342. The molecule has 0 radical (unpaired) electrons. The van der Waals surface area contributed by atoms with E-state index < -0.39 is 0 Å². The highest BCUT2D eigenvalue weighted by Crippen LogP contribution is 2.22. The molecule has 0 bridgehead atoms. The van der Waals surface area contributed by atoms with Crippen molar-refractivity contribution in [2.45, 2.75) is 52.6 Å². The molecule has 0 aromatic heterocycles. The molecule has 1 fully saturated rings. The largest absolute Gasteiger partial charge is 0.310 e. The molecule has 0 aliphatic carbocycles. The van der Waals surface area contributed by atoms with Crippen LogP contribution in [0, 0.1) is 5.92 Å². The number of nitrogens with one attached hydrogen (secondary N) is 1. The van der Waals surface area contributed by atoms with Crippen LogP contribution in [0.2, 0.25) is 0 Å². The van der Waals surface area contributed by atoms with Crippen LogP contribution in [-0.2, 0) is 0 Å². The van der Waals surface area contributed by atoms with Gasteiger partial charge >= 0.3 is 0 Å². The summed E-state index contributed by atoms with van der Waals surface area (Å²) in [7, 11) is 0. The number of likely N-dealkylation sites (N-methyl/N-ethyl adjacent to an activating group) is 1. The number of hydrogen-bond acceptors (Lipinski definition) is 2. The molecule has 1 aliphatic rings. The second-order valence-electron chi connectivity index (χ2n) is 5.60. The van der Waals surface area contributed by atoms with Crippen LogP contribution in [0.25, 0.3) is 0 Å². The molecular weight excluding hydrogens is 172 g/mol. The summed E-state index contributed by atoms with van der Waals surface area (Å²) in [6, 6.07) is 0.748. The maximum atomic E-state index is 3.59. The van der Waals surface area contributed by atoms with Gasteiger partial charge in [-0.25, -0.2) is 0 Å². The molecule has 14 heavy (non-hydrogen) atoms. The number of hydrogen-bond donors (Lipinski definition) is 1. The third kappa shape index (κ3) is 3.25. The van der Waals surface area contributed by atoms with E-state index in [9.17, 15) is 0 Å². The zero-order valence-corrected chi connectivity index (χ0v) is 10.4. The quantitative estimate of drug-likeness (QED) is 0.744. The summed E-state index contributed by atoms with van der Waals surface area (Å²) in [5, 5.41) is 3.59. The standard InChI is InChI=1S/C12H26N2/c1-6-14(9-10(2)3)11-7-12(4,5)13-8-11/h10-11,13H,6-9H2,1-5H3. The summed E-state index contributed by atoms with van der Waals surface area (Å²) in [5.74, 6) is 0.777. The van der Waals surface area contributed by atoms with E-state index in [4.69, 9.17) is 0 Å². The molecule has 0 amide bonds. The number of rotatable bonds is 4. The molecule has 1 rings (SSSR count). The summed E-state index contributed by atoms with van der Waals surface area (Å²) < 4.78 is 0. The second kappa shape index (κ2) is 4.63. The predicted molar refractivity (Wildman–Crippen MR) is 62.6 cm³/mol. The minimum absolute atomic E-state index is 0.342. The third-order valence-corrected chi connectivity index (χ3v) is 3.08. The smallest absolute Gasteiger partial charge is 0.0238 e. The summed E-state index contributed by atoms with van der Waals surface area (Å²) in [4.78, 5) is 2.62. The van der Waals surface area contributed by atoms with Gasteiger partial charge in [0.15, 0.2) is 0 Å². The first-order valence-electron chi connectivity index (χ1n) is 5.93. The van der Waals surface area contributed by atoms with Gasteiger partial charge in [-0.05, 0) is 32.7 Å². The lowest BCUT2D eigenvalue weighted by Gasteiger charge is -2.29. The fraction of sp³-hybridized carbons (Fsp3) is 1.00. The molecule has 1 aliphatic heterocycles. The van der Waals surface area contributed by atoms with Crippen molar-refractivity contribution in [3.8, 4) is 0 Å². The molecular formula is C12H26N2. The Morgan fingerprint density at radius 3 is 2.43 bits per heavy atom. The van der Waals surface area contributed by atoms with E-state index in [1.54, 1.807) is 0 Å². The van der Waals surface area contributed by atoms with Crippen LogP contribution >= 0.6 is 0 Å². The Labute approximate surface area is 89.1 Å². The lowest BCUT2D eigenvalue weighted by atomic mass is 10.00. The van der Waals surface area contributed by atoms with Gasteiger partial charge in [0.05, 0.1) is 0 Å². The van der Waals surface area contributed by atoms with E-state index >= 15 is 0 Å². The summed E-state index contributed by atoms with van der Waals surface area (Å²) >= 11 is 0. The van der Waals surface area contributed by atoms with Gasteiger partial charge in [0.2, 0.25) is 0 Å². The Hall–Kier alpha value is -0.0800. The second-order valence-corrected chi connectivity index (χ2v) is 5.60. The highest BCUT2D eigenvalue weighted by molar-refractivity contribution is 4.94. The lowest BCUT2D eigenvalue weighted by Crippen LogP contribution is -2.39.